The number of nitrogens with zero attached hydrogens (tertiary/aromatic N) is 1. The highest BCUT2D eigenvalue weighted by Crippen LogP contribution is 2.23. The smallest absolute Gasteiger partial charge is 0.306 e. The molecule has 28 heavy (non-hydrogen) atoms. The van der Waals surface area contributed by atoms with Gasteiger partial charge in [0.15, 0.2) is 0 Å². The Morgan fingerprint density at radius 3 is 2.29 bits per heavy atom. The van der Waals surface area contributed by atoms with Crippen LogP contribution in [-0.2, 0) is 31.4 Å². The lowest BCUT2D eigenvalue weighted by Gasteiger charge is -2.25. The Morgan fingerprint density at radius 2 is 1.71 bits per heavy atom. The van der Waals surface area contributed by atoms with E-state index < -0.39 is 20.1 Å². The van der Waals surface area contributed by atoms with Crippen LogP contribution in [0.15, 0.2) is 59.5 Å². The summed E-state index contributed by atoms with van der Waals surface area (Å²) in [4.78, 5) is 0.227. The molecule has 0 saturated carbocycles. The van der Waals surface area contributed by atoms with Crippen molar-refractivity contribution in [1.82, 2.24) is 4.31 Å². The fourth-order valence-electron chi connectivity index (χ4n) is 3.03. The summed E-state index contributed by atoms with van der Waals surface area (Å²) in [6, 6.07) is 14.6. The number of rotatable bonds is 8. The second-order valence-electron chi connectivity index (χ2n) is 6.68. The van der Waals surface area contributed by atoms with Crippen molar-refractivity contribution in [3.63, 3.8) is 0 Å². The van der Waals surface area contributed by atoms with Crippen LogP contribution in [-0.4, -0.2) is 46.7 Å². The fraction of sp³-hybridized carbons (Fsp3) is 0.368. The van der Waals surface area contributed by atoms with Crippen molar-refractivity contribution in [1.29, 1.82) is 0 Å². The van der Waals surface area contributed by atoms with Gasteiger partial charge in [-0.05, 0) is 42.7 Å². The Bertz CT molecular complexity index is 982. The van der Waals surface area contributed by atoms with E-state index in [4.69, 9.17) is 8.92 Å². The van der Waals surface area contributed by atoms with Crippen LogP contribution >= 0.6 is 0 Å². The van der Waals surface area contributed by atoms with Crippen molar-refractivity contribution in [3.05, 3.63) is 60.2 Å². The molecule has 0 radical (unpaired) electrons. The summed E-state index contributed by atoms with van der Waals surface area (Å²) in [5.41, 5.74) is 0.721. The van der Waals surface area contributed by atoms with Gasteiger partial charge in [0, 0.05) is 19.7 Å². The van der Waals surface area contributed by atoms with E-state index in [-0.39, 0.29) is 29.8 Å². The van der Waals surface area contributed by atoms with Crippen LogP contribution in [0, 0.1) is 0 Å². The summed E-state index contributed by atoms with van der Waals surface area (Å²) in [5, 5.41) is 0. The number of benzene rings is 2. The van der Waals surface area contributed by atoms with E-state index in [2.05, 4.69) is 0 Å². The van der Waals surface area contributed by atoms with Crippen molar-refractivity contribution in [2.24, 2.45) is 0 Å². The molecule has 7 nitrogen and oxygen atoms in total. The van der Waals surface area contributed by atoms with Gasteiger partial charge in [-0.25, -0.2) is 8.42 Å². The van der Waals surface area contributed by atoms with Crippen LogP contribution in [0.3, 0.4) is 0 Å². The summed E-state index contributed by atoms with van der Waals surface area (Å²) in [6.45, 7) is 1.05. The molecule has 1 atom stereocenters. The molecule has 0 amide bonds. The first-order valence-electron chi connectivity index (χ1n) is 8.89. The lowest BCUT2D eigenvalue weighted by molar-refractivity contribution is 0.0926. The zero-order valence-electron chi connectivity index (χ0n) is 15.5. The standard InChI is InChI=1S/C19H23NO6S2/c1-27(21,22)26-17-11-9-16(10-12-17)14-20(15-18-6-5-13-25-18)28(23,24)19-7-3-2-4-8-19/h2-4,7-12,18H,5-6,13-15H2,1H3/t18-/m0/s1. The molecule has 1 saturated heterocycles. The maximum atomic E-state index is 13.1. The monoisotopic (exact) mass is 425 g/mol. The van der Waals surface area contributed by atoms with Crippen molar-refractivity contribution >= 4 is 20.1 Å². The third-order valence-corrected chi connectivity index (χ3v) is 6.66. The normalized spacial score (nSPS) is 17.7. The van der Waals surface area contributed by atoms with E-state index in [1.54, 1.807) is 42.5 Å². The van der Waals surface area contributed by atoms with Crippen LogP contribution < -0.4 is 4.18 Å². The second-order valence-corrected chi connectivity index (χ2v) is 10.2. The predicted molar refractivity (Wildman–Crippen MR) is 105 cm³/mol. The predicted octanol–water partition coefficient (Wildman–Crippen LogP) is 2.39. The summed E-state index contributed by atoms with van der Waals surface area (Å²) in [5.74, 6) is 0.183. The largest absolute Gasteiger partial charge is 0.383 e. The molecule has 0 aromatic heterocycles. The molecule has 3 rings (SSSR count). The zero-order valence-corrected chi connectivity index (χ0v) is 17.2. The van der Waals surface area contributed by atoms with E-state index in [1.807, 2.05) is 0 Å². The first-order chi connectivity index (χ1) is 13.2. The van der Waals surface area contributed by atoms with Crippen LogP contribution in [0.5, 0.6) is 5.75 Å². The van der Waals surface area contributed by atoms with Gasteiger partial charge >= 0.3 is 10.1 Å². The number of hydrogen-bond donors (Lipinski definition) is 0. The molecule has 9 heteroatoms. The van der Waals surface area contributed by atoms with E-state index >= 15 is 0 Å². The Balaban J connectivity index is 1.83. The highest BCUT2D eigenvalue weighted by Gasteiger charge is 2.29. The average Bonchev–Trinajstić information content (AvgIpc) is 3.15. The van der Waals surface area contributed by atoms with Crippen molar-refractivity contribution in [2.45, 2.75) is 30.4 Å². The zero-order chi connectivity index (χ0) is 20.2. The van der Waals surface area contributed by atoms with Gasteiger partial charge in [0.1, 0.15) is 5.75 Å². The lowest BCUT2D eigenvalue weighted by atomic mass is 10.2. The minimum atomic E-state index is -3.70. The van der Waals surface area contributed by atoms with Crippen molar-refractivity contribution in [2.75, 3.05) is 19.4 Å². The van der Waals surface area contributed by atoms with Crippen LogP contribution in [0.1, 0.15) is 18.4 Å². The molecule has 1 heterocycles. The van der Waals surface area contributed by atoms with Gasteiger partial charge in [0.2, 0.25) is 10.0 Å². The Labute approximate surface area is 166 Å². The van der Waals surface area contributed by atoms with Crippen LogP contribution in [0.25, 0.3) is 0 Å². The molecule has 2 aromatic rings. The summed E-state index contributed by atoms with van der Waals surface area (Å²) >= 11 is 0. The van der Waals surface area contributed by atoms with Gasteiger partial charge in [-0.2, -0.15) is 12.7 Å². The Morgan fingerprint density at radius 1 is 1.04 bits per heavy atom. The molecule has 1 fully saturated rings. The van der Waals surface area contributed by atoms with Gasteiger partial charge in [0.05, 0.1) is 17.3 Å². The van der Waals surface area contributed by atoms with Gasteiger partial charge in [-0.15, -0.1) is 0 Å². The SMILES string of the molecule is CS(=O)(=O)Oc1ccc(CN(C[C@@H]2CCCO2)S(=O)(=O)c2ccccc2)cc1. The van der Waals surface area contributed by atoms with E-state index in [9.17, 15) is 16.8 Å². The van der Waals surface area contributed by atoms with Crippen LogP contribution in [0.2, 0.25) is 0 Å². The lowest BCUT2D eigenvalue weighted by Crippen LogP contribution is -2.36. The second kappa shape index (κ2) is 8.60. The first kappa shape index (κ1) is 20.8. The summed E-state index contributed by atoms with van der Waals surface area (Å²) in [6.07, 6.45) is 2.58. The molecule has 0 spiro atoms. The molecule has 1 aliphatic rings. The third kappa shape index (κ3) is 5.54. The van der Waals surface area contributed by atoms with Crippen LogP contribution in [0.4, 0.5) is 0 Å². The van der Waals surface area contributed by atoms with Gasteiger partial charge in [-0.3, -0.25) is 0 Å². The van der Waals surface area contributed by atoms with Gasteiger partial charge in [0.25, 0.3) is 0 Å². The maximum Gasteiger partial charge on any atom is 0.306 e. The molecule has 0 N–H and O–H groups in total. The molecule has 0 unspecified atom stereocenters. The van der Waals surface area contributed by atoms with Gasteiger partial charge < -0.3 is 8.92 Å². The van der Waals surface area contributed by atoms with E-state index in [0.717, 1.165) is 24.7 Å². The van der Waals surface area contributed by atoms with Crippen molar-refractivity contribution in [3.8, 4) is 5.75 Å². The topological polar surface area (TPSA) is 90.0 Å². The molecular formula is C19H23NO6S2. The quantitative estimate of drug-likeness (QED) is 0.603. The first-order valence-corrected chi connectivity index (χ1v) is 12.1. The third-order valence-electron chi connectivity index (χ3n) is 4.34. The minimum Gasteiger partial charge on any atom is -0.383 e. The highest BCUT2D eigenvalue weighted by molar-refractivity contribution is 7.89. The molecule has 0 aliphatic carbocycles. The minimum absolute atomic E-state index is 0.133. The average molecular weight is 426 g/mol. The molecule has 1 aliphatic heterocycles. The number of ether oxygens (including phenoxy) is 1. The number of sulfonamides is 1. The number of hydrogen-bond acceptors (Lipinski definition) is 6. The van der Waals surface area contributed by atoms with Gasteiger partial charge in [-0.1, -0.05) is 30.3 Å². The Hall–Kier alpha value is -1.94. The summed E-state index contributed by atoms with van der Waals surface area (Å²) in [7, 11) is -7.31. The Kier molecular flexibility index (Phi) is 6.39. The molecule has 2 aromatic carbocycles. The molecular weight excluding hydrogens is 402 g/mol. The molecule has 0 bridgehead atoms. The molecule has 152 valence electrons. The fourth-order valence-corrected chi connectivity index (χ4v) is 4.97. The van der Waals surface area contributed by atoms with E-state index in [0.29, 0.717) is 6.61 Å². The highest BCUT2D eigenvalue weighted by atomic mass is 32.2. The summed E-state index contributed by atoms with van der Waals surface area (Å²) < 4.78 is 60.6. The van der Waals surface area contributed by atoms with Crippen molar-refractivity contribution < 1.29 is 25.8 Å². The van der Waals surface area contributed by atoms with E-state index in [1.165, 1.54) is 16.4 Å². The maximum absolute atomic E-state index is 13.1.